The number of amides is 1. The van der Waals surface area contributed by atoms with E-state index < -0.39 is 0 Å². The number of aromatic hydroxyl groups is 1. The fourth-order valence-corrected chi connectivity index (χ4v) is 2.93. The van der Waals surface area contributed by atoms with Gasteiger partial charge in [-0.25, -0.2) is 0 Å². The van der Waals surface area contributed by atoms with Crippen LogP contribution in [0.3, 0.4) is 0 Å². The van der Waals surface area contributed by atoms with Crippen molar-refractivity contribution in [3.8, 4) is 5.75 Å². The molecule has 1 aromatic heterocycles. The molecule has 20 heavy (non-hydrogen) atoms. The molecular formula is C13H11BrN2O2S2. The van der Waals surface area contributed by atoms with Crippen LogP contribution in [-0.4, -0.2) is 16.1 Å². The third-order valence-corrected chi connectivity index (χ3v) is 4.16. The molecule has 2 rings (SSSR count). The molecule has 0 saturated carbocycles. The van der Waals surface area contributed by atoms with Gasteiger partial charge in [0.1, 0.15) is 5.75 Å². The first kappa shape index (κ1) is 15.0. The largest absolute Gasteiger partial charge is 0.506 e. The minimum atomic E-state index is -0.243. The average Bonchev–Trinajstić information content (AvgIpc) is 2.89. The Hall–Kier alpha value is -1.44. The lowest BCUT2D eigenvalue weighted by Crippen LogP contribution is -2.33. The zero-order valence-corrected chi connectivity index (χ0v) is 13.7. The summed E-state index contributed by atoms with van der Waals surface area (Å²) in [7, 11) is 0. The fourth-order valence-electron chi connectivity index (χ4n) is 1.54. The summed E-state index contributed by atoms with van der Waals surface area (Å²) in [5, 5.41) is 17.2. The Kier molecular flexibility index (Phi) is 4.74. The lowest BCUT2D eigenvalue weighted by Gasteiger charge is -2.11. The van der Waals surface area contributed by atoms with E-state index in [-0.39, 0.29) is 16.8 Å². The topological polar surface area (TPSA) is 61.4 Å². The SMILES string of the molecule is Cc1cc(NC(=S)NC(=O)c2cccs2)cc(Br)c1O. The van der Waals surface area contributed by atoms with Crippen molar-refractivity contribution in [1.82, 2.24) is 5.32 Å². The molecule has 0 atom stereocenters. The number of hydrogen-bond acceptors (Lipinski definition) is 4. The number of phenolic OH excluding ortho intramolecular Hbond substituents is 1. The minimum absolute atomic E-state index is 0.184. The van der Waals surface area contributed by atoms with Crippen LogP contribution in [0.1, 0.15) is 15.2 Å². The molecule has 0 bridgehead atoms. The molecule has 0 unspecified atom stereocenters. The summed E-state index contributed by atoms with van der Waals surface area (Å²) in [4.78, 5) is 12.4. The Morgan fingerprint density at radius 1 is 1.45 bits per heavy atom. The summed E-state index contributed by atoms with van der Waals surface area (Å²) < 4.78 is 0.562. The standard InChI is InChI=1S/C13H11BrN2O2S2/c1-7-5-8(6-9(14)11(7)17)15-13(19)16-12(18)10-3-2-4-20-10/h2-6,17H,1H3,(H2,15,16,18,19). The molecule has 4 nitrogen and oxygen atoms in total. The second kappa shape index (κ2) is 6.34. The van der Waals surface area contributed by atoms with Crippen molar-refractivity contribution in [1.29, 1.82) is 0 Å². The molecule has 0 aliphatic rings. The quantitative estimate of drug-likeness (QED) is 0.557. The minimum Gasteiger partial charge on any atom is -0.506 e. The molecule has 0 fully saturated rings. The van der Waals surface area contributed by atoms with Gasteiger partial charge in [-0.3, -0.25) is 10.1 Å². The van der Waals surface area contributed by atoms with Crippen molar-refractivity contribution < 1.29 is 9.90 Å². The van der Waals surface area contributed by atoms with Crippen molar-refractivity contribution in [3.05, 3.63) is 44.6 Å². The van der Waals surface area contributed by atoms with Crippen LogP contribution in [-0.2, 0) is 0 Å². The molecule has 1 aromatic carbocycles. The maximum absolute atomic E-state index is 11.8. The third-order valence-electron chi connectivity index (χ3n) is 2.48. The highest BCUT2D eigenvalue weighted by Crippen LogP contribution is 2.30. The summed E-state index contributed by atoms with van der Waals surface area (Å²) in [6.07, 6.45) is 0. The number of thiocarbonyl (C=S) groups is 1. The average molecular weight is 371 g/mol. The smallest absolute Gasteiger partial charge is 0.267 e. The number of halogens is 1. The van der Waals surface area contributed by atoms with Crippen LogP contribution < -0.4 is 10.6 Å². The molecular weight excluding hydrogens is 360 g/mol. The van der Waals surface area contributed by atoms with Gasteiger partial charge in [0.15, 0.2) is 5.11 Å². The van der Waals surface area contributed by atoms with Crippen LogP contribution in [0.15, 0.2) is 34.1 Å². The molecule has 1 amide bonds. The predicted octanol–water partition coefficient (Wildman–Crippen LogP) is 3.65. The molecule has 3 N–H and O–H groups in total. The highest BCUT2D eigenvalue weighted by atomic mass is 79.9. The number of rotatable bonds is 2. The molecule has 0 spiro atoms. The second-order valence-electron chi connectivity index (χ2n) is 4.01. The van der Waals surface area contributed by atoms with Crippen LogP contribution in [0.4, 0.5) is 5.69 Å². The molecule has 0 aliphatic heterocycles. The van der Waals surface area contributed by atoms with Gasteiger partial charge >= 0.3 is 0 Å². The van der Waals surface area contributed by atoms with Gasteiger partial charge in [-0.05, 0) is 64.2 Å². The summed E-state index contributed by atoms with van der Waals surface area (Å²) >= 11 is 9.69. The van der Waals surface area contributed by atoms with E-state index in [9.17, 15) is 9.90 Å². The van der Waals surface area contributed by atoms with E-state index in [0.717, 1.165) is 0 Å². The first-order chi connectivity index (χ1) is 9.47. The molecule has 104 valence electrons. The molecule has 0 radical (unpaired) electrons. The van der Waals surface area contributed by atoms with Crippen LogP contribution in [0, 0.1) is 6.92 Å². The van der Waals surface area contributed by atoms with Crippen molar-refractivity contribution in [2.24, 2.45) is 0 Å². The summed E-state index contributed by atoms with van der Waals surface area (Å²) in [5.41, 5.74) is 1.39. The highest BCUT2D eigenvalue weighted by molar-refractivity contribution is 9.10. The number of hydrogen-bond donors (Lipinski definition) is 3. The van der Waals surface area contributed by atoms with E-state index in [4.69, 9.17) is 12.2 Å². The maximum Gasteiger partial charge on any atom is 0.267 e. The number of aryl methyl sites for hydroxylation is 1. The van der Waals surface area contributed by atoms with Gasteiger partial charge in [0.25, 0.3) is 5.91 Å². The number of nitrogens with one attached hydrogen (secondary N) is 2. The van der Waals surface area contributed by atoms with Crippen LogP contribution in [0.5, 0.6) is 5.75 Å². The lowest BCUT2D eigenvalue weighted by molar-refractivity contribution is 0.0981. The number of benzene rings is 1. The summed E-state index contributed by atoms with van der Waals surface area (Å²) in [6, 6.07) is 6.95. The Morgan fingerprint density at radius 3 is 2.80 bits per heavy atom. The number of carbonyl (C=O) groups is 1. The normalized spacial score (nSPS) is 10.1. The highest BCUT2D eigenvalue weighted by Gasteiger charge is 2.10. The Bertz CT molecular complexity index is 633. The van der Waals surface area contributed by atoms with E-state index in [1.54, 1.807) is 31.2 Å². The van der Waals surface area contributed by atoms with Gasteiger partial charge < -0.3 is 10.4 Å². The molecule has 1 heterocycles. The van der Waals surface area contributed by atoms with Crippen molar-refractivity contribution >= 4 is 56.2 Å². The van der Waals surface area contributed by atoms with Crippen molar-refractivity contribution in [2.75, 3.05) is 5.32 Å². The molecule has 7 heteroatoms. The monoisotopic (exact) mass is 370 g/mol. The van der Waals surface area contributed by atoms with Gasteiger partial charge in [0, 0.05) is 5.69 Å². The number of phenols is 1. The van der Waals surface area contributed by atoms with Gasteiger partial charge in [0.2, 0.25) is 0 Å². The van der Waals surface area contributed by atoms with Crippen LogP contribution in [0.2, 0.25) is 0 Å². The van der Waals surface area contributed by atoms with E-state index in [0.29, 0.717) is 20.6 Å². The second-order valence-corrected chi connectivity index (χ2v) is 6.22. The number of anilines is 1. The van der Waals surface area contributed by atoms with Gasteiger partial charge in [-0.15, -0.1) is 11.3 Å². The zero-order chi connectivity index (χ0) is 14.7. The first-order valence-corrected chi connectivity index (χ1v) is 7.70. The maximum atomic E-state index is 11.8. The van der Waals surface area contributed by atoms with Crippen LogP contribution in [0.25, 0.3) is 0 Å². The molecule has 2 aromatic rings. The number of thiophene rings is 1. The van der Waals surface area contributed by atoms with Gasteiger partial charge in [-0.2, -0.15) is 0 Å². The van der Waals surface area contributed by atoms with Crippen LogP contribution >= 0.6 is 39.5 Å². The number of carbonyl (C=O) groups excluding carboxylic acids is 1. The molecule has 0 saturated heterocycles. The third kappa shape index (κ3) is 3.56. The summed E-state index contributed by atoms with van der Waals surface area (Å²) in [6.45, 7) is 1.78. The Morgan fingerprint density at radius 2 is 2.20 bits per heavy atom. The van der Waals surface area contributed by atoms with Gasteiger partial charge in [-0.1, -0.05) is 6.07 Å². The fraction of sp³-hybridized carbons (Fsp3) is 0.0769. The Labute approximate surface area is 134 Å². The predicted molar refractivity (Wildman–Crippen MR) is 88.5 cm³/mol. The Balaban J connectivity index is 2.03. The van der Waals surface area contributed by atoms with E-state index in [1.165, 1.54) is 11.3 Å². The first-order valence-electron chi connectivity index (χ1n) is 5.62. The summed E-state index contributed by atoms with van der Waals surface area (Å²) in [5.74, 6) is -0.0591. The van der Waals surface area contributed by atoms with Crippen molar-refractivity contribution in [3.63, 3.8) is 0 Å². The molecule has 0 aliphatic carbocycles. The zero-order valence-electron chi connectivity index (χ0n) is 10.4. The van der Waals surface area contributed by atoms with E-state index in [2.05, 4.69) is 26.6 Å². The lowest BCUT2D eigenvalue weighted by atomic mass is 10.2. The van der Waals surface area contributed by atoms with E-state index >= 15 is 0 Å². The van der Waals surface area contributed by atoms with Crippen molar-refractivity contribution in [2.45, 2.75) is 6.92 Å². The van der Waals surface area contributed by atoms with E-state index in [1.807, 2.05) is 5.38 Å². The van der Waals surface area contributed by atoms with Gasteiger partial charge in [0.05, 0.1) is 9.35 Å².